The molecule has 0 bridgehead atoms. The third kappa shape index (κ3) is 4.71. The Balaban J connectivity index is 1.19. The first-order valence-electron chi connectivity index (χ1n) is 12.6. The molecule has 0 radical (unpaired) electrons. The van der Waals surface area contributed by atoms with Gasteiger partial charge in [-0.1, -0.05) is 36.4 Å². The smallest absolute Gasteiger partial charge is 0.261 e. The number of nitrogens with zero attached hydrogens (tertiary/aromatic N) is 2. The van der Waals surface area contributed by atoms with Gasteiger partial charge in [0.25, 0.3) is 11.8 Å². The van der Waals surface area contributed by atoms with E-state index in [1.165, 1.54) is 4.90 Å². The lowest BCUT2D eigenvalue weighted by Crippen LogP contribution is -2.41. The van der Waals surface area contributed by atoms with E-state index in [9.17, 15) is 14.4 Å². The van der Waals surface area contributed by atoms with Crippen molar-refractivity contribution in [1.29, 1.82) is 0 Å². The van der Waals surface area contributed by atoms with Gasteiger partial charge in [0, 0.05) is 36.0 Å². The average Bonchev–Trinajstić information content (AvgIpc) is 3.44. The Labute approximate surface area is 211 Å². The number of hydrogen-bond donors (Lipinski definition) is 1. The predicted octanol–water partition coefficient (Wildman–Crippen LogP) is 4.18. The standard InChI is InChI=1S/C29H31N3O4/c1-36-22-11-4-10-21(18-22)25(31-15-2-3-16-31)19-30-26(33)14-7-17-32-28(34)23-12-5-8-20-9-6-13-24(27(20)23)29(32)35/h4-6,8-13,18,25H,2-3,7,14-17,19H2,1H3,(H,30,33). The van der Waals surface area contributed by atoms with Crippen LogP contribution in [0.25, 0.3) is 10.8 Å². The van der Waals surface area contributed by atoms with Gasteiger partial charge in [-0.05, 0) is 67.6 Å². The SMILES string of the molecule is COc1cccc(C(CNC(=O)CCCN2C(=O)c3cccc4cccc(c34)C2=O)N2CCCC2)c1. The van der Waals surface area contributed by atoms with Crippen molar-refractivity contribution in [2.45, 2.75) is 31.7 Å². The van der Waals surface area contributed by atoms with Crippen LogP contribution in [0.2, 0.25) is 0 Å². The van der Waals surface area contributed by atoms with Gasteiger partial charge >= 0.3 is 0 Å². The molecule has 1 N–H and O–H groups in total. The summed E-state index contributed by atoms with van der Waals surface area (Å²) in [6, 6.07) is 19.1. The van der Waals surface area contributed by atoms with Crippen LogP contribution in [0.5, 0.6) is 5.75 Å². The number of imide groups is 1. The van der Waals surface area contributed by atoms with Gasteiger partial charge in [0.2, 0.25) is 5.91 Å². The van der Waals surface area contributed by atoms with Crippen molar-refractivity contribution in [3.8, 4) is 5.75 Å². The largest absolute Gasteiger partial charge is 0.497 e. The van der Waals surface area contributed by atoms with E-state index < -0.39 is 0 Å². The van der Waals surface area contributed by atoms with E-state index in [1.54, 1.807) is 19.2 Å². The van der Waals surface area contributed by atoms with Gasteiger partial charge in [-0.3, -0.25) is 24.2 Å². The lowest BCUT2D eigenvalue weighted by molar-refractivity contribution is -0.121. The van der Waals surface area contributed by atoms with E-state index in [1.807, 2.05) is 42.5 Å². The molecule has 186 valence electrons. The van der Waals surface area contributed by atoms with Gasteiger partial charge in [-0.2, -0.15) is 0 Å². The minimum atomic E-state index is -0.295. The Morgan fingerprint density at radius 3 is 2.31 bits per heavy atom. The molecular formula is C29H31N3O4. The highest BCUT2D eigenvalue weighted by Gasteiger charge is 2.32. The molecule has 7 heteroatoms. The predicted molar refractivity (Wildman–Crippen MR) is 138 cm³/mol. The van der Waals surface area contributed by atoms with Crippen LogP contribution >= 0.6 is 0 Å². The number of nitrogens with one attached hydrogen (secondary N) is 1. The summed E-state index contributed by atoms with van der Waals surface area (Å²) in [6.07, 6.45) is 2.97. The number of hydrogen-bond acceptors (Lipinski definition) is 5. The molecule has 2 aliphatic rings. The topological polar surface area (TPSA) is 79.0 Å². The lowest BCUT2D eigenvalue weighted by atomic mass is 9.94. The third-order valence-corrected chi connectivity index (χ3v) is 7.19. The fraction of sp³-hybridized carbons (Fsp3) is 0.345. The van der Waals surface area contributed by atoms with Crippen molar-refractivity contribution in [2.24, 2.45) is 0 Å². The molecule has 0 aromatic heterocycles. The molecule has 3 aromatic carbocycles. The first kappa shape index (κ1) is 24.0. The number of carbonyl (C=O) groups is 3. The molecule has 36 heavy (non-hydrogen) atoms. The van der Waals surface area contributed by atoms with E-state index in [0.717, 1.165) is 48.0 Å². The molecule has 2 heterocycles. The first-order chi connectivity index (χ1) is 17.6. The number of likely N-dealkylation sites (tertiary alicyclic amines) is 1. The van der Waals surface area contributed by atoms with Gasteiger partial charge in [0.15, 0.2) is 0 Å². The van der Waals surface area contributed by atoms with Crippen molar-refractivity contribution in [2.75, 3.05) is 33.3 Å². The fourth-order valence-electron chi connectivity index (χ4n) is 5.34. The number of benzene rings is 3. The van der Waals surface area contributed by atoms with Crippen LogP contribution in [0.1, 0.15) is 58.0 Å². The molecule has 5 rings (SSSR count). The van der Waals surface area contributed by atoms with Gasteiger partial charge in [0.05, 0.1) is 13.2 Å². The van der Waals surface area contributed by atoms with Gasteiger partial charge in [0.1, 0.15) is 5.75 Å². The average molecular weight is 486 g/mol. The quantitative estimate of drug-likeness (QED) is 0.460. The summed E-state index contributed by atoms with van der Waals surface area (Å²) in [5.74, 6) is 0.131. The van der Waals surface area contributed by atoms with Crippen molar-refractivity contribution >= 4 is 28.5 Å². The molecular weight excluding hydrogens is 454 g/mol. The number of methoxy groups -OCH3 is 1. The molecule has 0 saturated carbocycles. The van der Waals surface area contributed by atoms with Crippen LogP contribution in [-0.2, 0) is 4.79 Å². The second-order valence-corrected chi connectivity index (χ2v) is 9.41. The summed E-state index contributed by atoms with van der Waals surface area (Å²) >= 11 is 0. The first-order valence-corrected chi connectivity index (χ1v) is 12.6. The summed E-state index contributed by atoms with van der Waals surface area (Å²) in [4.78, 5) is 42.5. The van der Waals surface area contributed by atoms with E-state index in [-0.39, 0.29) is 36.7 Å². The van der Waals surface area contributed by atoms with E-state index in [4.69, 9.17) is 4.74 Å². The molecule has 1 fully saturated rings. The third-order valence-electron chi connectivity index (χ3n) is 7.19. The Kier molecular flexibility index (Phi) is 7.00. The van der Waals surface area contributed by atoms with Crippen molar-refractivity contribution in [3.63, 3.8) is 0 Å². The minimum Gasteiger partial charge on any atom is -0.497 e. The van der Waals surface area contributed by atoms with Crippen LogP contribution < -0.4 is 10.1 Å². The van der Waals surface area contributed by atoms with Gasteiger partial charge in [-0.15, -0.1) is 0 Å². The zero-order chi connectivity index (χ0) is 25.1. The summed E-state index contributed by atoms with van der Waals surface area (Å²) < 4.78 is 5.40. The molecule has 1 saturated heterocycles. The van der Waals surface area contributed by atoms with Crippen LogP contribution in [0.15, 0.2) is 60.7 Å². The highest BCUT2D eigenvalue weighted by Crippen LogP contribution is 2.30. The maximum atomic E-state index is 13.0. The zero-order valence-electron chi connectivity index (χ0n) is 20.5. The Morgan fingerprint density at radius 2 is 1.64 bits per heavy atom. The van der Waals surface area contributed by atoms with E-state index >= 15 is 0 Å². The molecule has 0 aliphatic carbocycles. The number of carbonyl (C=O) groups excluding carboxylic acids is 3. The summed E-state index contributed by atoms with van der Waals surface area (Å²) in [5.41, 5.74) is 2.20. The minimum absolute atomic E-state index is 0.0776. The van der Waals surface area contributed by atoms with Crippen molar-refractivity contribution in [1.82, 2.24) is 15.1 Å². The Morgan fingerprint density at radius 1 is 0.972 bits per heavy atom. The van der Waals surface area contributed by atoms with E-state index in [2.05, 4.69) is 16.3 Å². The van der Waals surface area contributed by atoms with E-state index in [0.29, 0.717) is 24.1 Å². The highest BCUT2D eigenvalue weighted by molar-refractivity contribution is 6.25. The number of amides is 3. The zero-order valence-corrected chi connectivity index (χ0v) is 20.5. The molecule has 1 unspecified atom stereocenters. The second-order valence-electron chi connectivity index (χ2n) is 9.41. The molecule has 3 aromatic rings. The molecule has 2 aliphatic heterocycles. The second kappa shape index (κ2) is 10.5. The Bertz CT molecular complexity index is 1250. The normalized spacial score (nSPS) is 16.4. The van der Waals surface area contributed by atoms with Crippen LogP contribution in [0, 0.1) is 0 Å². The summed E-state index contributed by atoms with van der Waals surface area (Å²) in [6.45, 7) is 2.72. The van der Waals surface area contributed by atoms with Crippen LogP contribution in [0.3, 0.4) is 0 Å². The van der Waals surface area contributed by atoms with Crippen molar-refractivity contribution in [3.05, 3.63) is 77.4 Å². The number of rotatable bonds is 9. The summed E-state index contributed by atoms with van der Waals surface area (Å²) in [7, 11) is 1.66. The molecule has 3 amide bonds. The molecule has 0 spiro atoms. The monoisotopic (exact) mass is 485 g/mol. The maximum Gasteiger partial charge on any atom is 0.261 e. The Hall–Kier alpha value is -3.71. The molecule has 7 nitrogen and oxygen atoms in total. The molecule has 1 atom stereocenters. The fourth-order valence-corrected chi connectivity index (χ4v) is 5.34. The maximum absolute atomic E-state index is 13.0. The lowest BCUT2D eigenvalue weighted by Gasteiger charge is -2.29. The van der Waals surface area contributed by atoms with Crippen molar-refractivity contribution < 1.29 is 19.1 Å². The highest BCUT2D eigenvalue weighted by atomic mass is 16.5. The van der Waals surface area contributed by atoms with Crippen LogP contribution in [0.4, 0.5) is 0 Å². The van der Waals surface area contributed by atoms with Crippen LogP contribution in [-0.4, -0.2) is 60.8 Å². The van der Waals surface area contributed by atoms with Gasteiger partial charge in [-0.25, -0.2) is 0 Å². The summed E-state index contributed by atoms with van der Waals surface area (Å²) in [5, 5.41) is 4.68. The number of ether oxygens (including phenoxy) is 1. The van der Waals surface area contributed by atoms with Gasteiger partial charge < -0.3 is 10.1 Å².